The number of nitrogens with one attached hydrogen (secondary N) is 2. The van der Waals surface area contributed by atoms with E-state index in [1.807, 2.05) is 30.3 Å². The van der Waals surface area contributed by atoms with Crippen LogP contribution in [-0.2, 0) is 6.61 Å². The van der Waals surface area contributed by atoms with E-state index in [1.165, 1.54) is 38.7 Å². The van der Waals surface area contributed by atoms with E-state index in [1.54, 1.807) is 6.07 Å². The number of ether oxygens (including phenoxy) is 2. The van der Waals surface area contributed by atoms with Crippen molar-refractivity contribution in [1.82, 2.24) is 10.7 Å². The molecule has 0 saturated heterocycles. The van der Waals surface area contributed by atoms with E-state index in [2.05, 4.69) is 15.8 Å². The molecule has 1 aliphatic carbocycles. The molecule has 8 nitrogen and oxygen atoms in total. The number of hydrazone groups is 1. The van der Waals surface area contributed by atoms with Crippen molar-refractivity contribution in [1.29, 1.82) is 0 Å². The molecule has 1 saturated carbocycles. The van der Waals surface area contributed by atoms with Crippen LogP contribution in [0.5, 0.6) is 11.5 Å². The molecule has 164 valence electrons. The summed E-state index contributed by atoms with van der Waals surface area (Å²) in [6.07, 6.45) is 7.32. The van der Waals surface area contributed by atoms with Crippen molar-refractivity contribution in [2.75, 3.05) is 7.11 Å². The maximum Gasteiger partial charge on any atom is 0.315 e. The summed E-state index contributed by atoms with van der Waals surface area (Å²) < 4.78 is 11.1. The molecule has 1 fully saturated rings. The van der Waals surface area contributed by atoms with E-state index in [9.17, 15) is 10.1 Å². The molecule has 2 aromatic carbocycles. The Morgan fingerprint density at radius 1 is 1.26 bits per heavy atom. The third-order valence-corrected chi connectivity index (χ3v) is 5.23. The number of thiocarbonyl (C=S) groups is 1. The molecule has 0 radical (unpaired) electrons. The van der Waals surface area contributed by atoms with Crippen LogP contribution in [0.15, 0.2) is 47.6 Å². The minimum atomic E-state index is -0.497. The molecule has 31 heavy (non-hydrogen) atoms. The number of rotatable bonds is 8. The van der Waals surface area contributed by atoms with Gasteiger partial charge in [-0.3, -0.25) is 15.5 Å². The Hall–Kier alpha value is -3.20. The molecule has 1 aliphatic rings. The first-order valence-corrected chi connectivity index (χ1v) is 10.6. The average Bonchev–Trinajstić information content (AvgIpc) is 2.78. The van der Waals surface area contributed by atoms with Crippen LogP contribution in [0, 0.1) is 10.1 Å². The van der Waals surface area contributed by atoms with Gasteiger partial charge in [0.05, 0.1) is 18.2 Å². The first-order valence-electron chi connectivity index (χ1n) is 10.2. The molecule has 0 aromatic heterocycles. The molecule has 0 aliphatic heterocycles. The molecule has 2 N–H and O–H groups in total. The molecule has 0 amide bonds. The number of methoxy groups -OCH3 is 1. The molecule has 0 bridgehead atoms. The van der Waals surface area contributed by atoms with E-state index in [0.29, 0.717) is 16.7 Å². The van der Waals surface area contributed by atoms with Crippen LogP contribution in [0.25, 0.3) is 0 Å². The van der Waals surface area contributed by atoms with Gasteiger partial charge in [0.2, 0.25) is 5.75 Å². The Labute approximate surface area is 186 Å². The summed E-state index contributed by atoms with van der Waals surface area (Å²) in [5.41, 5.74) is 3.96. The third-order valence-electron chi connectivity index (χ3n) is 5.02. The molecule has 9 heteroatoms. The van der Waals surface area contributed by atoms with Crippen molar-refractivity contribution in [2.24, 2.45) is 5.10 Å². The highest BCUT2D eigenvalue weighted by atomic mass is 32.1. The van der Waals surface area contributed by atoms with Gasteiger partial charge in [0.1, 0.15) is 6.61 Å². The lowest BCUT2D eigenvalue weighted by Gasteiger charge is -2.23. The highest BCUT2D eigenvalue weighted by Crippen LogP contribution is 2.38. The lowest BCUT2D eigenvalue weighted by Crippen LogP contribution is -2.40. The topological polar surface area (TPSA) is 98.0 Å². The summed E-state index contributed by atoms with van der Waals surface area (Å²) in [6.45, 7) is 0.189. The van der Waals surface area contributed by atoms with Crippen LogP contribution >= 0.6 is 12.2 Å². The Balaban J connectivity index is 1.69. The summed E-state index contributed by atoms with van der Waals surface area (Å²) in [5.74, 6) is 0.338. The summed E-state index contributed by atoms with van der Waals surface area (Å²) in [5, 5.41) is 19.4. The minimum absolute atomic E-state index is 0.0796. The number of hydrogen-bond donors (Lipinski definition) is 2. The Morgan fingerprint density at radius 2 is 2.00 bits per heavy atom. The van der Waals surface area contributed by atoms with E-state index in [4.69, 9.17) is 21.7 Å². The second-order valence-corrected chi connectivity index (χ2v) is 7.69. The number of nitrogens with zero attached hydrogens (tertiary/aromatic N) is 2. The zero-order valence-electron chi connectivity index (χ0n) is 17.4. The molecule has 0 unspecified atom stereocenters. The standard InChI is InChI=1S/C22H26N4O4S/c1-29-20-13-17(14-23-25-22(31)24-18-10-6-3-7-11-18)12-19(26(27)28)21(20)30-15-16-8-4-2-5-9-16/h2,4-5,8-9,12-14,18H,3,6-7,10-11,15H2,1H3,(H2,24,25,31)/b23-14-. The first kappa shape index (κ1) is 22.5. The van der Waals surface area contributed by atoms with E-state index >= 15 is 0 Å². The van der Waals surface area contributed by atoms with Crippen molar-refractivity contribution in [3.63, 3.8) is 0 Å². The fourth-order valence-electron chi connectivity index (χ4n) is 3.47. The van der Waals surface area contributed by atoms with E-state index in [-0.39, 0.29) is 23.8 Å². The second kappa shape index (κ2) is 11.3. The van der Waals surface area contributed by atoms with Crippen molar-refractivity contribution in [3.8, 4) is 11.5 Å². The molecular formula is C22H26N4O4S. The zero-order valence-corrected chi connectivity index (χ0v) is 18.2. The van der Waals surface area contributed by atoms with Gasteiger partial charge in [-0.05, 0) is 36.7 Å². The van der Waals surface area contributed by atoms with Crippen LogP contribution in [0.4, 0.5) is 5.69 Å². The fraction of sp³-hybridized carbons (Fsp3) is 0.364. The molecule has 0 heterocycles. The number of hydrogen-bond acceptors (Lipinski definition) is 6. The van der Waals surface area contributed by atoms with Crippen molar-refractivity contribution >= 4 is 29.2 Å². The highest BCUT2D eigenvalue weighted by molar-refractivity contribution is 7.80. The smallest absolute Gasteiger partial charge is 0.315 e. The van der Waals surface area contributed by atoms with Gasteiger partial charge >= 0.3 is 5.69 Å². The predicted molar refractivity (Wildman–Crippen MR) is 124 cm³/mol. The normalized spacial score (nSPS) is 14.2. The Bertz CT molecular complexity index is 931. The number of benzene rings is 2. The lowest BCUT2D eigenvalue weighted by atomic mass is 9.96. The van der Waals surface area contributed by atoms with Crippen LogP contribution in [-0.4, -0.2) is 29.4 Å². The van der Waals surface area contributed by atoms with Gasteiger partial charge in [-0.15, -0.1) is 0 Å². The highest BCUT2D eigenvalue weighted by Gasteiger charge is 2.22. The van der Waals surface area contributed by atoms with E-state index < -0.39 is 4.92 Å². The summed E-state index contributed by atoms with van der Waals surface area (Å²) in [7, 11) is 1.44. The SMILES string of the molecule is COc1cc(/C=N\NC(=S)NC2CCCCC2)cc([N+](=O)[O-])c1OCc1ccccc1. The minimum Gasteiger partial charge on any atom is -0.493 e. The van der Waals surface area contributed by atoms with Gasteiger partial charge < -0.3 is 14.8 Å². The first-order chi connectivity index (χ1) is 15.1. The van der Waals surface area contributed by atoms with Gasteiger partial charge in [-0.1, -0.05) is 49.6 Å². The summed E-state index contributed by atoms with van der Waals surface area (Å²) in [4.78, 5) is 11.1. The summed E-state index contributed by atoms with van der Waals surface area (Å²) in [6, 6.07) is 12.8. The van der Waals surface area contributed by atoms with E-state index in [0.717, 1.165) is 18.4 Å². The van der Waals surface area contributed by atoms with Crippen LogP contribution in [0.2, 0.25) is 0 Å². The predicted octanol–water partition coefficient (Wildman–Crippen LogP) is 4.31. The van der Waals surface area contributed by atoms with Gasteiger partial charge in [0, 0.05) is 17.7 Å². The molecule has 3 rings (SSSR count). The quantitative estimate of drug-likeness (QED) is 0.272. The largest absolute Gasteiger partial charge is 0.493 e. The Kier molecular flexibility index (Phi) is 8.17. The number of nitro benzene ring substituents is 1. The van der Waals surface area contributed by atoms with Gasteiger partial charge in [-0.25, -0.2) is 0 Å². The molecular weight excluding hydrogens is 416 g/mol. The molecule has 0 atom stereocenters. The van der Waals surface area contributed by atoms with Gasteiger partial charge in [0.25, 0.3) is 0 Å². The fourth-order valence-corrected chi connectivity index (χ4v) is 3.69. The zero-order chi connectivity index (χ0) is 22.1. The van der Waals surface area contributed by atoms with Crippen LogP contribution in [0.1, 0.15) is 43.2 Å². The molecule has 2 aromatic rings. The monoisotopic (exact) mass is 442 g/mol. The molecule has 0 spiro atoms. The van der Waals surface area contributed by atoms with Gasteiger partial charge in [0.15, 0.2) is 10.9 Å². The van der Waals surface area contributed by atoms with Crippen molar-refractivity contribution < 1.29 is 14.4 Å². The lowest BCUT2D eigenvalue weighted by molar-refractivity contribution is -0.386. The van der Waals surface area contributed by atoms with Crippen molar-refractivity contribution in [3.05, 3.63) is 63.7 Å². The Morgan fingerprint density at radius 3 is 2.68 bits per heavy atom. The van der Waals surface area contributed by atoms with Gasteiger partial charge in [-0.2, -0.15) is 5.10 Å². The third kappa shape index (κ3) is 6.65. The summed E-state index contributed by atoms with van der Waals surface area (Å²) >= 11 is 5.28. The maximum absolute atomic E-state index is 11.6. The maximum atomic E-state index is 11.6. The van der Waals surface area contributed by atoms with Crippen LogP contribution < -0.4 is 20.2 Å². The number of nitro groups is 1. The average molecular weight is 443 g/mol. The van der Waals surface area contributed by atoms with Crippen LogP contribution in [0.3, 0.4) is 0 Å². The second-order valence-electron chi connectivity index (χ2n) is 7.28. The van der Waals surface area contributed by atoms with Crippen molar-refractivity contribution in [2.45, 2.75) is 44.8 Å².